The lowest BCUT2D eigenvalue weighted by Gasteiger charge is -2.27. The molecule has 1 saturated heterocycles. The highest BCUT2D eigenvalue weighted by atomic mass is 16.3. The molecular weight excluding hydrogens is 232 g/mol. The van der Waals surface area contributed by atoms with Gasteiger partial charge in [0.25, 0.3) is 0 Å². The van der Waals surface area contributed by atoms with E-state index in [1.807, 2.05) is 0 Å². The highest BCUT2D eigenvalue weighted by Gasteiger charge is 2.24. The number of amides is 2. The third-order valence-corrected chi connectivity index (χ3v) is 2.92. The van der Waals surface area contributed by atoms with E-state index in [9.17, 15) is 14.7 Å². The maximum atomic E-state index is 11.7. The summed E-state index contributed by atoms with van der Waals surface area (Å²) in [7, 11) is 0. The van der Waals surface area contributed by atoms with Gasteiger partial charge in [0.15, 0.2) is 0 Å². The number of hydrogen-bond donors (Lipinski definition) is 2. The minimum absolute atomic E-state index is 0.0338. The lowest BCUT2D eigenvalue weighted by molar-refractivity contribution is -0.128. The van der Waals surface area contributed by atoms with Crippen LogP contribution in [0.15, 0.2) is 24.3 Å². The van der Waals surface area contributed by atoms with E-state index in [1.165, 1.54) is 4.90 Å². The number of benzene rings is 1. The van der Waals surface area contributed by atoms with Crippen molar-refractivity contribution in [2.24, 2.45) is 0 Å². The molecular formula is C13H16N2O3. The Morgan fingerprint density at radius 1 is 1.22 bits per heavy atom. The SMILES string of the molecule is CC(C)(O)c1ccc(N2CC(=O)NCC2=O)cc1. The van der Waals surface area contributed by atoms with Gasteiger partial charge in [-0.25, -0.2) is 0 Å². The van der Waals surface area contributed by atoms with Gasteiger partial charge < -0.3 is 15.3 Å². The Bertz CT molecular complexity index is 474. The van der Waals surface area contributed by atoms with Crippen molar-refractivity contribution in [2.45, 2.75) is 19.4 Å². The molecule has 0 radical (unpaired) electrons. The summed E-state index contributed by atoms with van der Waals surface area (Å²) in [5.41, 5.74) is 0.518. The van der Waals surface area contributed by atoms with Crippen LogP contribution < -0.4 is 10.2 Å². The number of piperazine rings is 1. The second-order valence-corrected chi connectivity index (χ2v) is 4.86. The van der Waals surface area contributed by atoms with Crippen molar-refractivity contribution in [1.82, 2.24) is 5.32 Å². The quantitative estimate of drug-likeness (QED) is 0.794. The zero-order valence-corrected chi connectivity index (χ0v) is 10.4. The van der Waals surface area contributed by atoms with Crippen molar-refractivity contribution in [3.05, 3.63) is 29.8 Å². The smallest absolute Gasteiger partial charge is 0.246 e. The van der Waals surface area contributed by atoms with Crippen molar-refractivity contribution in [1.29, 1.82) is 0 Å². The molecule has 0 bridgehead atoms. The molecule has 1 aromatic rings. The minimum Gasteiger partial charge on any atom is -0.386 e. The fourth-order valence-electron chi connectivity index (χ4n) is 1.84. The van der Waals surface area contributed by atoms with Crippen molar-refractivity contribution in [2.75, 3.05) is 18.0 Å². The first kappa shape index (κ1) is 12.6. The van der Waals surface area contributed by atoms with Gasteiger partial charge in [0, 0.05) is 5.69 Å². The number of nitrogens with zero attached hydrogens (tertiary/aromatic N) is 1. The predicted molar refractivity (Wildman–Crippen MR) is 67.0 cm³/mol. The molecule has 1 fully saturated rings. The second kappa shape index (κ2) is 4.42. The summed E-state index contributed by atoms with van der Waals surface area (Å²) < 4.78 is 0. The normalized spacial score (nSPS) is 16.7. The van der Waals surface area contributed by atoms with Crippen LogP contribution in [0.4, 0.5) is 5.69 Å². The van der Waals surface area contributed by atoms with Gasteiger partial charge in [-0.05, 0) is 31.5 Å². The summed E-state index contributed by atoms with van der Waals surface area (Å²) in [4.78, 5) is 24.4. The monoisotopic (exact) mass is 248 g/mol. The molecule has 0 aliphatic carbocycles. The first-order valence-electron chi connectivity index (χ1n) is 5.78. The standard InChI is InChI=1S/C13H16N2O3/c1-13(2,18)9-3-5-10(6-4-9)15-8-11(16)14-7-12(15)17/h3-6,18H,7-8H2,1-2H3,(H,14,16). The molecule has 1 aromatic carbocycles. The molecule has 0 unspecified atom stereocenters. The van der Waals surface area contributed by atoms with Crippen molar-refractivity contribution in [3.63, 3.8) is 0 Å². The number of hydrogen-bond acceptors (Lipinski definition) is 3. The lowest BCUT2D eigenvalue weighted by Crippen LogP contribution is -2.51. The molecule has 2 N–H and O–H groups in total. The van der Waals surface area contributed by atoms with E-state index in [2.05, 4.69) is 5.32 Å². The van der Waals surface area contributed by atoms with E-state index in [0.29, 0.717) is 5.69 Å². The van der Waals surface area contributed by atoms with Gasteiger partial charge in [0.1, 0.15) is 6.54 Å². The van der Waals surface area contributed by atoms with Gasteiger partial charge in [-0.3, -0.25) is 9.59 Å². The first-order chi connectivity index (χ1) is 8.38. The zero-order chi connectivity index (χ0) is 13.3. The Balaban J connectivity index is 2.23. The molecule has 96 valence electrons. The number of anilines is 1. The minimum atomic E-state index is -0.915. The maximum Gasteiger partial charge on any atom is 0.246 e. The number of rotatable bonds is 2. The summed E-state index contributed by atoms with van der Waals surface area (Å²) in [5.74, 6) is -0.299. The summed E-state index contributed by atoms with van der Waals surface area (Å²) >= 11 is 0. The van der Waals surface area contributed by atoms with E-state index in [4.69, 9.17) is 0 Å². The fourth-order valence-corrected chi connectivity index (χ4v) is 1.84. The van der Waals surface area contributed by atoms with Gasteiger partial charge >= 0.3 is 0 Å². The van der Waals surface area contributed by atoms with Gasteiger partial charge in [-0.15, -0.1) is 0 Å². The highest BCUT2D eigenvalue weighted by Crippen LogP contribution is 2.23. The summed E-state index contributed by atoms with van der Waals surface area (Å²) in [6.45, 7) is 3.47. The Morgan fingerprint density at radius 2 is 1.83 bits per heavy atom. The van der Waals surface area contributed by atoms with Crippen LogP contribution in [-0.2, 0) is 15.2 Å². The predicted octanol–water partition coefficient (Wildman–Crippen LogP) is 0.377. The van der Waals surface area contributed by atoms with Crippen LogP contribution in [0.3, 0.4) is 0 Å². The number of nitrogens with one attached hydrogen (secondary N) is 1. The number of carbonyl (C=O) groups excluding carboxylic acids is 2. The van der Waals surface area contributed by atoms with Crippen molar-refractivity contribution < 1.29 is 14.7 Å². The van der Waals surface area contributed by atoms with Gasteiger partial charge in [0.2, 0.25) is 11.8 Å². The third-order valence-electron chi connectivity index (χ3n) is 2.92. The van der Waals surface area contributed by atoms with Crippen LogP contribution in [0.2, 0.25) is 0 Å². The van der Waals surface area contributed by atoms with Gasteiger partial charge in [-0.1, -0.05) is 12.1 Å². The average molecular weight is 248 g/mol. The number of aliphatic hydroxyl groups is 1. The average Bonchev–Trinajstić information content (AvgIpc) is 2.31. The van der Waals surface area contributed by atoms with Crippen LogP contribution in [0.5, 0.6) is 0 Å². The molecule has 0 saturated carbocycles. The molecule has 2 rings (SSSR count). The molecule has 0 aromatic heterocycles. The molecule has 5 nitrogen and oxygen atoms in total. The van der Waals surface area contributed by atoms with E-state index in [0.717, 1.165) is 5.56 Å². The maximum absolute atomic E-state index is 11.7. The summed E-state index contributed by atoms with van der Waals surface area (Å²) in [5, 5.41) is 12.3. The molecule has 1 heterocycles. The van der Waals surface area contributed by atoms with Crippen molar-refractivity contribution in [3.8, 4) is 0 Å². The topological polar surface area (TPSA) is 69.6 Å². The lowest BCUT2D eigenvalue weighted by atomic mass is 9.98. The van der Waals surface area contributed by atoms with Crippen LogP contribution >= 0.6 is 0 Å². The highest BCUT2D eigenvalue weighted by molar-refractivity contribution is 6.04. The molecule has 2 amide bonds. The van der Waals surface area contributed by atoms with Crippen LogP contribution in [-0.4, -0.2) is 30.0 Å². The number of carbonyl (C=O) groups is 2. The third kappa shape index (κ3) is 2.51. The van der Waals surface area contributed by atoms with E-state index in [1.54, 1.807) is 38.1 Å². The Kier molecular flexibility index (Phi) is 3.09. The fraction of sp³-hybridized carbons (Fsp3) is 0.385. The Labute approximate surface area is 105 Å². The zero-order valence-electron chi connectivity index (χ0n) is 10.4. The molecule has 5 heteroatoms. The largest absolute Gasteiger partial charge is 0.386 e. The Hall–Kier alpha value is -1.88. The van der Waals surface area contributed by atoms with E-state index < -0.39 is 5.60 Å². The first-order valence-corrected chi connectivity index (χ1v) is 5.78. The van der Waals surface area contributed by atoms with Crippen LogP contribution in [0, 0.1) is 0 Å². The van der Waals surface area contributed by atoms with Crippen LogP contribution in [0.25, 0.3) is 0 Å². The van der Waals surface area contributed by atoms with Gasteiger partial charge in [0.05, 0.1) is 12.1 Å². The molecule has 18 heavy (non-hydrogen) atoms. The summed E-state index contributed by atoms with van der Waals surface area (Å²) in [6.07, 6.45) is 0. The van der Waals surface area contributed by atoms with Crippen LogP contribution in [0.1, 0.15) is 19.4 Å². The molecule has 0 spiro atoms. The van der Waals surface area contributed by atoms with E-state index in [-0.39, 0.29) is 24.9 Å². The molecule has 0 atom stereocenters. The van der Waals surface area contributed by atoms with Gasteiger partial charge in [-0.2, -0.15) is 0 Å². The van der Waals surface area contributed by atoms with Crippen molar-refractivity contribution >= 4 is 17.5 Å². The second-order valence-electron chi connectivity index (χ2n) is 4.86. The Morgan fingerprint density at radius 3 is 2.39 bits per heavy atom. The summed E-state index contributed by atoms with van der Waals surface area (Å²) in [6, 6.07) is 7.00. The van der Waals surface area contributed by atoms with E-state index >= 15 is 0 Å². The molecule has 1 aliphatic heterocycles. The molecule has 1 aliphatic rings.